The van der Waals surface area contributed by atoms with Crippen molar-refractivity contribution in [3.05, 3.63) is 76.8 Å². The molecule has 2 atom stereocenters. The minimum atomic E-state index is -0.662. The number of rotatable bonds is 5. The summed E-state index contributed by atoms with van der Waals surface area (Å²) >= 11 is 5.98. The van der Waals surface area contributed by atoms with E-state index < -0.39 is 6.10 Å². The van der Waals surface area contributed by atoms with Crippen LogP contribution in [0.3, 0.4) is 0 Å². The average molecular weight is 452 g/mol. The highest BCUT2D eigenvalue weighted by molar-refractivity contribution is 6.30. The molecule has 0 bridgehead atoms. The Labute approximate surface area is 189 Å². The van der Waals surface area contributed by atoms with Crippen LogP contribution in [0.1, 0.15) is 17.2 Å². The van der Waals surface area contributed by atoms with Gasteiger partial charge in [-0.3, -0.25) is 4.79 Å². The summed E-state index contributed by atoms with van der Waals surface area (Å²) in [4.78, 5) is 14.9. The second-order valence-electron chi connectivity index (χ2n) is 7.70. The van der Waals surface area contributed by atoms with Crippen LogP contribution in [0.15, 0.2) is 60.7 Å². The number of hydrogen-bond acceptors (Lipinski definition) is 6. The van der Waals surface area contributed by atoms with Crippen molar-refractivity contribution in [2.24, 2.45) is 0 Å². The lowest BCUT2D eigenvalue weighted by Crippen LogP contribution is -2.60. The van der Waals surface area contributed by atoms with Gasteiger partial charge in [0.15, 0.2) is 23.0 Å². The van der Waals surface area contributed by atoms with Gasteiger partial charge in [-0.25, -0.2) is 0 Å². The van der Waals surface area contributed by atoms with E-state index in [2.05, 4.69) is 0 Å². The fourth-order valence-electron chi connectivity index (χ4n) is 4.16. The number of likely N-dealkylation sites (tertiary alicyclic amines) is 1. The molecule has 0 saturated carbocycles. The first-order valence-corrected chi connectivity index (χ1v) is 10.5. The van der Waals surface area contributed by atoms with Crippen molar-refractivity contribution >= 4 is 17.5 Å². The van der Waals surface area contributed by atoms with E-state index >= 15 is 0 Å². The van der Waals surface area contributed by atoms with Crippen LogP contribution in [-0.2, 0) is 11.3 Å². The molecule has 7 nitrogen and oxygen atoms in total. The van der Waals surface area contributed by atoms with Crippen LogP contribution in [0.4, 0.5) is 0 Å². The highest BCUT2D eigenvalue weighted by atomic mass is 35.5. The first-order chi connectivity index (χ1) is 15.7. The maximum Gasteiger partial charge on any atom is 0.267 e. The number of halogens is 1. The fourth-order valence-corrected chi connectivity index (χ4v) is 4.28. The number of carbonyl (C=O) groups excluding carboxylic acids is 1. The van der Waals surface area contributed by atoms with Crippen molar-refractivity contribution in [1.29, 1.82) is 0 Å². The van der Waals surface area contributed by atoms with E-state index in [1.807, 2.05) is 36.4 Å². The molecule has 0 spiro atoms. The number of nitrogens with zero attached hydrogens (tertiary/aromatic N) is 1. The zero-order chi connectivity index (χ0) is 21.7. The molecule has 1 amide bonds. The number of ether oxygens (including phenoxy) is 5. The molecule has 162 valence electrons. The van der Waals surface area contributed by atoms with Crippen LogP contribution in [0.25, 0.3) is 0 Å². The third-order valence-electron chi connectivity index (χ3n) is 5.75. The monoisotopic (exact) mass is 451 g/mol. The summed E-state index contributed by atoms with van der Waals surface area (Å²) in [5.74, 6) is 3.23. The van der Waals surface area contributed by atoms with Gasteiger partial charge < -0.3 is 28.6 Å². The van der Waals surface area contributed by atoms with Gasteiger partial charge in [-0.1, -0.05) is 23.7 Å². The minimum Gasteiger partial charge on any atom is -0.478 e. The zero-order valence-electron chi connectivity index (χ0n) is 16.8. The van der Waals surface area contributed by atoms with Gasteiger partial charge in [0.25, 0.3) is 5.91 Å². The van der Waals surface area contributed by atoms with E-state index in [9.17, 15) is 4.79 Å². The number of fused-ring (bicyclic) bond motifs is 2. The van der Waals surface area contributed by atoms with Gasteiger partial charge in [-0.05, 0) is 59.7 Å². The molecule has 6 rings (SSSR count). The molecule has 0 radical (unpaired) electrons. The van der Waals surface area contributed by atoms with Crippen LogP contribution >= 0.6 is 11.6 Å². The number of β-lactam (4-membered cyclic amide) rings is 1. The molecular weight excluding hydrogens is 434 g/mol. The fraction of sp³-hybridized carbons (Fsp3) is 0.208. The van der Waals surface area contributed by atoms with Crippen LogP contribution < -0.4 is 23.7 Å². The first kappa shape index (κ1) is 19.1. The van der Waals surface area contributed by atoms with Gasteiger partial charge in [-0.15, -0.1) is 0 Å². The van der Waals surface area contributed by atoms with Crippen molar-refractivity contribution in [2.45, 2.75) is 18.7 Å². The van der Waals surface area contributed by atoms with E-state index in [4.69, 9.17) is 35.3 Å². The maximum absolute atomic E-state index is 13.2. The molecule has 8 heteroatoms. The molecule has 3 heterocycles. The Balaban J connectivity index is 1.30. The molecule has 0 aromatic heterocycles. The summed E-state index contributed by atoms with van der Waals surface area (Å²) < 4.78 is 27.9. The Bertz CT molecular complexity index is 1200. The summed E-state index contributed by atoms with van der Waals surface area (Å²) in [5.41, 5.74) is 1.85. The van der Waals surface area contributed by atoms with Crippen molar-refractivity contribution in [1.82, 2.24) is 4.90 Å². The zero-order valence-corrected chi connectivity index (χ0v) is 17.6. The maximum atomic E-state index is 13.2. The molecule has 1 saturated heterocycles. The second kappa shape index (κ2) is 7.53. The van der Waals surface area contributed by atoms with Crippen LogP contribution in [-0.4, -0.2) is 30.5 Å². The molecule has 0 aliphatic carbocycles. The van der Waals surface area contributed by atoms with E-state index in [1.54, 1.807) is 29.2 Å². The molecule has 32 heavy (non-hydrogen) atoms. The van der Waals surface area contributed by atoms with Gasteiger partial charge >= 0.3 is 0 Å². The molecule has 1 fully saturated rings. The standard InChI is InChI=1S/C24H18ClNO6/c25-16-3-5-17(6-4-16)32-23-22(15-2-8-19-21(10-15)31-13-29-19)26(24(23)27)11-14-1-7-18-20(9-14)30-12-28-18/h1-10,22-23H,11-13H2/t22-,23-/m1/s1. The molecule has 3 aromatic rings. The van der Waals surface area contributed by atoms with Crippen LogP contribution in [0.5, 0.6) is 28.7 Å². The van der Waals surface area contributed by atoms with Crippen molar-refractivity contribution in [3.8, 4) is 28.7 Å². The first-order valence-electron chi connectivity index (χ1n) is 10.2. The molecular formula is C24H18ClNO6. The van der Waals surface area contributed by atoms with E-state index in [1.165, 1.54) is 0 Å². The lowest BCUT2D eigenvalue weighted by Gasteiger charge is -2.46. The number of carbonyl (C=O) groups is 1. The van der Waals surface area contributed by atoms with E-state index in [0.29, 0.717) is 40.3 Å². The lowest BCUT2D eigenvalue weighted by atomic mass is 9.89. The molecule has 0 unspecified atom stereocenters. The predicted molar refractivity (Wildman–Crippen MR) is 114 cm³/mol. The highest BCUT2D eigenvalue weighted by Gasteiger charge is 2.50. The predicted octanol–water partition coefficient (Wildman–Crippen LogP) is 4.33. The SMILES string of the molecule is O=C1[C@H](Oc2ccc(Cl)cc2)[C@@H](c2ccc3c(c2)OCO3)N1Cc1ccc2c(c1)OCO2. The summed E-state index contributed by atoms with van der Waals surface area (Å²) in [6.45, 7) is 0.807. The lowest BCUT2D eigenvalue weighted by molar-refractivity contribution is -0.165. The van der Waals surface area contributed by atoms with Gasteiger partial charge in [-0.2, -0.15) is 0 Å². The molecule has 3 aliphatic rings. The van der Waals surface area contributed by atoms with Gasteiger partial charge in [0.2, 0.25) is 19.7 Å². The van der Waals surface area contributed by atoms with Gasteiger partial charge in [0.1, 0.15) is 11.8 Å². The van der Waals surface area contributed by atoms with Crippen molar-refractivity contribution in [3.63, 3.8) is 0 Å². The van der Waals surface area contributed by atoms with Crippen LogP contribution in [0, 0.1) is 0 Å². The summed E-state index contributed by atoms with van der Waals surface area (Å²) in [6, 6.07) is 18.1. The molecule has 3 aromatic carbocycles. The Kier molecular flexibility index (Phi) is 4.50. The third kappa shape index (κ3) is 3.26. The van der Waals surface area contributed by atoms with Crippen molar-refractivity contribution in [2.75, 3.05) is 13.6 Å². The van der Waals surface area contributed by atoms with E-state index in [-0.39, 0.29) is 25.5 Å². The average Bonchev–Trinajstić information content (AvgIpc) is 3.47. The summed E-state index contributed by atoms with van der Waals surface area (Å²) in [7, 11) is 0. The number of hydrogen-bond donors (Lipinski definition) is 0. The Hall–Kier alpha value is -3.58. The Morgan fingerprint density at radius 2 is 1.50 bits per heavy atom. The summed E-state index contributed by atoms with van der Waals surface area (Å²) in [6.07, 6.45) is -0.662. The van der Waals surface area contributed by atoms with Gasteiger partial charge in [0, 0.05) is 11.6 Å². The smallest absolute Gasteiger partial charge is 0.267 e. The minimum absolute atomic E-state index is 0.0970. The topological polar surface area (TPSA) is 66.5 Å². The summed E-state index contributed by atoms with van der Waals surface area (Å²) in [5, 5.41) is 0.606. The Morgan fingerprint density at radius 3 is 2.25 bits per heavy atom. The Morgan fingerprint density at radius 1 is 0.844 bits per heavy atom. The second-order valence-corrected chi connectivity index (χ2v) is 8.14. The molecule has 0 N–H and O–H groups in total. The third-order valence-corrected chi connectivity index (χ3v) is 6.01. The molecule has 3 aliphatic heterocycles. The highest BCUT2D eigenvalue weighted by Crippen LogP contribution is 2.43. The largest absolute Gasteiger partial charge is 0.478 e. The number of amides is 1. The number of benzene rings is 3. The quantitative estimate of drug-likeness (QED) is 0.538. The normalized spacial score (nSPS) is 20.3. The van der Waals surface area contributed by atoms with Crippen molar-refractivity contribution < 1.29 is 28.5 Å². The van der Waals surface area contributed by atoms with E-state index in [0.717, 1.165) is 11.1 Å². The van der Waals surface area contributed by atoms with Crippen LogP contribution in [0.2, 0.25) is 5.02 Å². The van der Waals surface area contributed by atoms with Gasteiger partial charge in [0.05, 0.1) is 0 Å².